The molecular formula is C25H30N2O8. The van der Waals surface area contributed by atoms with Crippen molar-refractivity contribution in [1.82, 2.24) is 10.2 Å². The number of hydrogen-bond donors (Lipinski definition) is 3. The van der Waals surface area contributed by atoms with E-state index in [1.54, 1.807) is 0 Å². The van der Waals surface area contributed by atoms with Gasteiger partial charge in [-0.05, 0) is 30.5 Å². The van der Waals surface area contributed by atoms with Crippen LogP contribution in [0.25, 0.3) is 0 Å². The highest BCUT2D eigenvalue weighted by molar-refractivity contribution is 6.10. The second-order valence-electron chi connectivity index (χ2n) is 8.82. The lowest BCUT2D eigenvalue weighted by atomic mass is 9.77. The first-order valence-corrected chi connectivity index (χ1v) is 11.6. The van der Waals surface area contributed by atoms with Gasteiger partial charge in [-0.15, -0.1) is 0 Å². The second-order valence-corrected chi connectivity index (χ2v) is 8.82. The van der Waals surface area contributed by atoms with Crippen molar-refractivity contribution >= 4 is 29.7 Å². The fourth-order valence-corrected chi connectivity index (χ4v) is 4.95. The van der Waals surface area contributed by atoms with Gasteiger partial charge in [0.2, 0.25) is 11.8 Å². The molecule has 0 spiro atoms. The number of aliphatic carboxylic acids is 2. The molecule has 2 amide bonds. The number of carbonyl (C=O) groups excluding carboxylic acids is 3. The van der Waals surface area contributed by atoms with Crippen molar-refractivity contribution in [3.63, 3.8) is 0 Å². The molecule has 4 atom stereocenters. The van der Waals surface area contributed by atoms with Gasteiger partial charge >= 0.3 is 17.9 Å². The predicted octanol–water partition coefficient (Wildman–Crippen LogP) is 2.15. The van der Waals surface area contributed by atoms with Crippen LogP contribution < -0.4 is 5.32 Å². The lowest BCUT2D eigenvalue weighted by Gasteiger charge is -2.29. The van der Waals surface area contributed by atoms with Crippen LogP contribution in [0.3, 0.4) is 0 Å². The minimum absolute atomic E-state index is 0.0874. The summed E-state index contributed by atoms with van der Waals surface area (Å²) in [6, 6.07) is 5.09. The molecule has 0 aliphatic carbocycles. The van der Waals surface area contributed by atoms with E-state index >= 15 is 0 Å². The zero-order valence-electron chi connectivity index (χ0n) is 19.7. The number of ether oxygens (including phenoxy) is 1. The highest BCUT2D eigenvalue weighted by Crippen LogP contribution is 2.50. The number of allylic oxidation sites excluding steroid dienone is 1. The van der Waals surface area contributed by atoms with Crippen LogP contribution in [0.5, 0.6) is 0 Å². The molecule has 1 aromatic rings. The average molecular weight is 487 g/mol. The molecule has 0 bridgehead atoms. The summed E-state index contributed by atoms with van der Waals surface area (Å²) in [7, 11) is 1.24. The first kappa shape index (κ1) is 26.1. The summed E-state index contributed by atoms with van der Waals surface area (Å²) in [4.78, 5) is 63.6. The number of carboxylic acids is 2. The maximum atomic E-state index is 13.4. The number of rotatable bonds is 11. The number of nitrogens with zero attached hydrogens (tertiary/aromatic N) is 1. The molecule has 1 aromatic carbocycles. The summed E-state index contributed by atoms with van der Waals surface area (Å²) >= 11 is 0. The molecule has 0 saturated carbocycles. The van der Waals surface area contributed by atoms with E-state index in [1.165, 1.54) is 31.4 Å². The molecule has 2 heterocycles. The molecule has 2 fully saturated rings. The molecule has 0 aromatic heterocycles. The van der Waals surface area contributed by atoms with Crippen LogP contribution >= 0.6 is 0 Å². The Bertz CT molecular complexity index is 1030. The maximum absolute atomic E-state index is 13.4. The molecular weight excluding hydrogens is 456 g/mol. The van der Waals surface area contributed by atoms with Gasteiger partial charge in [-0.1, -0.05) is 44.1 Å². The first-order valence-electron chi connectivity index (χ1n) is 11.6. The minimum Gasteiger partial charge on any atom is -0.481 e. The monoisotopic (exact) mass is 486 g/mol. The van der Waals surface area contributed by atoms with E-state index in [2.05, 4.69) is 17.0 Å². The van der Waals surface area contributed by atoms with Crippen molar-refractivity contribution in [1.29, 1.82) is 0 Å². The number of amides is 2. The molecule has 3 N–H and O–H groups in total. The summed E-state index contributed by atoms with van der Waals surface area (Å²) in [5.41, 5.74) is -1.43. The van der Waals surface area contributed by atoms with Gasteiger partial charge in [0.05, 0.1) is 30.9 Å². The number of esters is 1. The maximum Gasteiger partial charge on any atom is 0.337 e. The van der Waals surface area contributed by atoms with Gasteiger partial charge in [0.1, 0.15) is 5.54 Å². The number of carboxylic acid groups (broad SMARTS) is 2. The Morgan fingerprint density at radius 2 is 1.74 bits per heavy atom. The van der Waals surface area contributed by atoms with Gasteiger partial charge in [-0.2, -0.15) is 0 Å². The standard InChI is InChI=1S/C25H30N2O8/c1-3-4-5-6-7-8-13-27-21(30)18-19(22(27)31)25(24(33)34,14-17(28)29)26-20(18)15-9-11-16(12-10-15)23(32)35-2/h6-7,9-12,18-20,26H,3-5,8,13-14H2,1-2H3,(H,28,29)(H,33,34). The van der Waals surface area contributed by atoms with E-state index in [1.807, 2.05) is 12.2 Å². The van der Waals surface area contributed by atoms with E-state index in [4.69, 9.17) is 0 Å². The zero-order valence-corrected chi connectivity index (χ0v) is 19.7. The van der Waals surface area contributed by atoms with E-state index < -0.39 is 59.6 Å². The normalized spacial score (nSPS) is 25.8. The number of unbranched alkanes of at least 4 members (excludes halogenated alkanes) is 2. The number of likely N-dealkylation sites (tertiary alicyclic amines) is 1. The largest absolute Gasteiger partial charge is 0.481 e. The summed E-state index contributed by atoms with van der Waals surface area (Å²) in [5.74, 6) is -7.17. The molecule has 10 nitrogen and oxygen atoms in total. The van der Waals surface area contributed by atoms with Gasteiger partial charge < -0.3 is 14.9 Å². The van der Waals surface area contributed by atoms with E-state index in [9.17, 15) is 34.2 Å². The topological polar surface area (TPSA) is 150 Å². The van der Waals surface area contributed by atoms with E-state index in [0.717, 1.165) is 24.2 Å². The van der Waals surface area contributed by atoms with Crippen LogP contribution in [-0.2, 0) is 23.9 Å². The number of imide groups is 1. The van der Waals surface area contributed by atoms with Crippen molar-refractivity contribution in [2.24, 2.45) is 11.8 Å². The van der Waals surface area contributed by atoms with Crippen LogP contribution in [0.2, 0.25) is 0 Å². The van der Waals surface area contributed by atoms with Crippen LogP contribution in [0.15, 0.2) is 36.4 Å². The summed E-state index contributed by atoms with van der Waals surface area (Å²) in [6.07, 6.45) is 6.38. The van der Waals surface area contributed by atoms with Gasteiger partial charge in [0.25, 0.3) is 0 Å². The predicted molar refractivity (Wildman–Crippen MR) is 123 cm³/mol. The third-order valence-corrected chi connectivity index (χ3v) is 6.66. The molecule has 35 heavy (non-hydrogen) atoms. The number of fused-ring (bicyclic) bond motifs is 1. The number of methoxy groups -OCH3 is 1. The highest BCUT2D eigenvalue weighted by atomic mass is 16.5. The fraction of sp³-hybridized carbons (Fsp3) is 0.480. The Balaban J connectivity index is 1.95. The molecule has 3 rings (SSSR count). The lowest BCUT2D eigenvalue weighted by Crippen LogP contribution is -2.57. The van der Waals surface area contributed by atoms with Gasteiger partial charge in [0, 0.05) is 12.6 Å². The van der Waals surface area contributed by atoms with Crippen molar-refractivity contribution in [2.45, 2.75) is 50.6 Å². The van der Waals surface area contributed by atoms with Crippen LogP contribution in [0.1, 0.15) is 61.0 Å². The quantitative estimate of drug-likeness (QED) is 0.185. The third kappa shape index (κ3) is 4.97. The summed E-state index contributed by atoms with van der Waals surface area (Å²) in [6.45, 7) is 2.16. The number of carbonyl (C=O) groups is 5. The Labute approximate surface area is 202 Å². The van der Waals surface area contributed by atoms with Gasteiger partial charge in [-0.25, -0.2) is 4.79 Å². The molecule has 10 heteroatoms. The van der Waals surface area contributed by atoms with Crippen LogP contribution in [0, 0.1) is 11.8 Å². The molecule has 0 radical (unpaired) electrons. The summed E-state index contributed by atoms with van der Waals surface area (Å²) in [5, 5.41) is 22.4. The van der Waals surface area contributed by atoms with Crippen molar-refractivity contribution in [2.75, 3.05) is 13.7 Å². The molecule has 188 valence electrons. The second kappa shape index (κ2) is 10.8. The minimum atomic E-state index is -2.15. The van der Waals surface area contributed by atoms with Gasteiger partial charge in [-0.3, -0.25) is 29.4 Å². The number of nitrogens with one attached hydrogen (secondary N) is 1. The van der Waals surface area contributed by atoms with Crippen LogP contribution in [-0.4, -0.2) is 64.0 Å². The van der Waals surface area contributed by atoms with Crippen molar-refractivity contribution in [3.8, 4) is 0 Å². The number of hydrogen-bond acceptors (Lipinski definition) is 7. The fourth-order valence-electron chi connectivity index (χ4n) is 4.95. The number of benzene rings is 1. The SMILES string of the molecule is CCCCC=CCCN1C(=O)C2C(c3ccc(C(=O)OC)cc3)NC(CC(=O)O)(C(=O)O)C2C1=O. The van der Waals surface area contributed by atoms with Crippen molar-refractivity contribution in [3.05, 3.63) is 47.5 Å². The Morgan fingerprint density at radius 1 is 1.09 bits per heavy atom. The molecule has 4 unspecified atom stereocenters. The van der Waals surface area contributed by atoms with E-state index in [0.29, 0.717) is 12.0 Å². The first-order chi connectivity index (χ1) is 16.7. The van der Waals surface area contributed by atoms with E-state index in [-0.39, 0.29) is 12.1 Å². The Kier molecular flexibility index (Phi) is 8.06. The molecule has 2 aliphatic heterocycles. The zero-order chi connectivity index (χ0) is 25.8. The Hall–Kier alpha value is -3.53. The highest BCUT2D eigenvalue weighted by Gasteiger charge is 2.68. The summed E-state index contributed by atoms with van der Waals surface area (Å²) < 4.78 is 4.68. The van der Waals surface area contributed by atoms with Crippen molar-refractivity contribution < 1.29 is 38.9 Å². The molecule has 2 saturated heterocycles. The lowest BCUT2D eigenvalue weighted by molar-refractivity contribution is -0.156. The molecule has 2 aliphatic rings. The van der Waals surface area contributed by atoms with Gasteiger partial charge in [0.15, 0.2) is 0 Å². The Morgan fingerprint density at radius 3 is 2.31 bits per heavy atom. The van der Waals surface area contributed by atoms with Crippen LogP contribution in [0.4, 0.5) is 0 Å². The average Bonchev–Trinajstić information content (AvgIpc) is 3.30. The smallest absolute Gasteiger partial charge is 0.337 e. The third-order valence-electron chi connectivity index (χ3n) is 6.66.